The molecule has 10 heteroatoms. The third-order valence-electron chi connectivity index (χ3n) is 3.29. The second-order valence-corrected chi connectivity index (χ2v) is 4.92. The topological polar surface area (TPSA) is 137 Å². The quantitative estimate of drug-likeness (QED) is 0.634. The predicted octanol–water partition coefficient (Wildman–Crippen LogP) is 2.00. The van der Waals surface area contributed by atoms with Gasteiger partial charge in [0.15, 0.2) is 11.3 Å². The summed E-state index contributed by atoms with van der Waals surface area (Å²) < 4.78 is 14.9. The molecule has 3 aromatic rings. The summed E-state index contributed by atoms with van der Waals surface area (Å²) >= 11 is 0. The largest absolute Gasteiger partial charge is 0.497 e. The van der Waals surface area contributed by atoms with E-state index in [1.165, 1.54) is 7.11 Å². The Hall–Kier alpha value is -3.56. The standard InChI is InChI=1S/C15H16N6O4/c1-23-9-5-3-8(4-6-9)7-17-11-10-12(20-13(16)19-11)25-14(18-10)21-15(22)24-2/h3-6H,7H2,1-2H3,(H,18,21,22)(H3,16,17,19,20). The Labute approximate surface area is 142 Å². The molecule has 0 spiro atoms. The van der Waals surface area contributed by atoms with Crippen LogP contribution in [0.3, 0.4) is 0 Å². The first-order valence-corrected chi connectivity index (χ1v) is 7.25. The zero-order valence-electron chi connectivity index (χ0n) is 13.6. The molecule has 0 unspecified atom stereocenters. The molecule has 0 saturated heterocycles. The Balaban J connectivity index is 1.82. The molecule has 0 saturated carbocycles. The van der Waals surface area contributed by atoms with Crippen molar-refractivity contribution in [3.63, 3.8) is 0 Å². The third kappa shape index (κ3) is 3.68. The molecule has 0 aliphatic carbocycles. The molecule has 1 amide bonds. The molecule has 0 aliphatic heterocycles. The van der Waals surface area contributed by atoms with E-state index >= 15 is 0 Å². The zero-order valence-corrected chi connectivity index (χ0v) is 13.6. The summed E-state index contributed by atoms with van der Waals surface area (Å²) in [6.45, 7) is 0.474. The van der Waals surface area contributed by atoms with Gasteiger partial charge in [0, 0.05) is 6.54 Å². The number of nitrogen functional groups attached to an aromatic ring is 1. The van der Waals surface area contributed by atoms with E-state index in [0.717, 1.165) is 11.3 Å². The van der Waals surface area contributed by atoms with Gasteiger partial charge in [0.1, 0.15) is 5.75 Å². The molecule has 25 heavy (non-hydrogen) atoms. The van der Waals surface area contributed by atoms with Crippen molar-refractivity contribution < 1.29 is 18.7 Å². The van der Waals surface area contributed by atoms with Crippen molar-refractivity contribution in [1.29, 1.82) is 0 Å². The fourth-order valence-electron chi connectivity index (χ4n) is 2.08. The van der Waals surface area contributed by atoms with E-state index in [1.807, 2.05) is 24.3 Å². The maximum atomic E-state index is 11.3. The van der Waals surface area contributed by atoms with Crippen LogP contribution in [0.1, 0.15) is 5.56 Å². The number of methoxy groups -OCH3 is 2. The summed E-state index contributed by atoms with van der Waals surface area (Å²) in [5.74, 6) is 1.18. The van der Waals surface area contributed by atoms with Gasteiger partial charge in [-0.25, -0.2) is 10.1 Å². The van der Waals surface area contributed by atoms with E-state index in [4.69, 9.17) is 14.9 Å². The molecule has 2 aromatic heterocycles. The summed E-state index contributed by atoms with van der Waals surface area (Å²) in [6.07, 6.45) is -0.708. The number of oxazole rings is 1. The van der Waals surface area contributed by atoms with Gasteiger partial charge in [-0.2, -0.15) is 15.0 Å². The maximum absolute atomic E-state index is 11.3. The number of anilines is 3. The van der Waals surface area contributed by atoms with Gasteiger partial charge in [-0.15, -0.1) is 0 Å². The monoisotopic (exact) mass is 344 g/mol. The normalized spacial score (nSPS) is 10.5. The lowest BCUT2D eigenvalue weighted by molar-refractivity contribution is 0.186. The molecule has 0 radical (unpaired) electrons. The van der Waals surface area contributed by atoms with Gasteiger partial charge in [0.05, 0.1) is 14.2 Å². The van der Waals surface area contributed by atoms with Crippen LogP contribution < -0.4 is 21.1 Å². The number of hydrogen-bond donors (Lipinski definition) is 3. The second kappa shape index (κ2) is 6.91. The van der Waals surface area contributed by atoms with E-state index < -0.39 is 6.09 Å². The SMILES string of the molecule is COC(=O)Nc1nc2c(NCc3ccc(OC)cc3)nc(N)nc2o1. The van der Waals surface area contributed by atoms with Crippen LogP contribution in [0.2, 0.25) is 0 Å². The average molecular weight is 344 g/mol. The van der Waals surface area contributed by atoms with Gasteiger partial charge in [-0.1, -0.05) is 12.1 Å². The molecule has 0 fully saturated rings. The summed E-state index contributed by atoms with van der Waals surface area (Å²) in [7, 11) is 2.84. The first-order chi connectivity index (χ1) is 12.1. The van der Waals surface area contributed by atoms with Crippen molar-refractivity contribution in [1.82, 2.24) is 15.0 Å². The lowest BCUT2D eigenvalue weighted by Crippen LogP contribution is -2.10. The van der Waals surface area contributed by atoms with Crippen LogP contribution in [0.5, 0.6) is 5.75 Å². The molecule has 130 valence electrons. The van der Waals surface area contributed by atoms with Crippen molar-refractivity contribution in [2.24, 2.45) is 0 Å². The number of benzene rings is 1. The summed E-state index contributed by atoms with van der Waals surface area (Å²) in [6, 6.07) is 7.49. The Bertz CT molecular complexity index is 893. The molecule has 0 aliphatic rings. The number of rotatable bonds is 5. The minimum Gasteiger partial charge on any atom is -0.497 e. The van der Waals surface area contributed by atoms with Crippen LogP contribution in [-0.4, -0.2) is 35.3 Å². The first kappa shape index (κ1) is 16.3. The van der Waals surface area contributed by atoms with E-state index in [2.05, 4.69) is 30.3 Å². The molecule has 0 atom stereocenters. The lowest BCUT2D eigenvalue weighted by Gasteiger charge is -2.07. The van der Waals surface area contributed by atoms with E-state index in [1.54, 1.807) is 7.11 Å². The number of nitrogens with one attached hydrogen (secondary N) is 2. The molecule has 1 aromatic carbocycles. The van der Waals surface area contributed by atoms with Crippen LogP contribution in [-0.2, 0) is 11.3 Å². The van der Waals surface area contributed by atoms with Crippen LogP contribution in [0.15, 0.2) is 28.7 Å². The molecular formula is C15H16N6O4. The number of aromatic nitrogens is 3. The van der Waals surface area contributed by atoms with Gasteiger partial charge in [0.2, 0.25) is 5.95 Å². The van der Waals surface area contributed by atoms with Crippen LogP contribution in [0.25, 0.3) is 11.2 Å². The van der Waals surface area contributed by atoms with E-state index in [9.17, 15) is 4.79 Å². The third-order valence-corrected chi connectivity index (χ3v) is 3.29. The van der Waals surface area contributed by atoms with Crippen LogP contribution in [0, 0.1) is 0 Å². The smallest absolute Gasteiger partial charge is 0.414 e. The Morgan fingerprint density at radius 3 is 2.64 bits per heavy atom. The molecule has 0 bridgehead atoms. The number of nitrogens with zero attached hydrogens (tertiary/aromatic N) is 3. The van der Waals surface area contributed by atoms with Crippen molar-refractivity contribution in [3.05, 3.63) is 29.8 Å². The summed E-state index contributed by atoms with van der Waals surface area (Å²) in [5, 5.41) is 5.45. The second-order valence-electron chi connectivity index (χ2n) is 4.92. The van der Waals surface area contributed by atoms with Crippen molar-refractivity contribution in [3.8, 4) is 5.75 Å². The maximum Gasteiger partial charge on any atom is 0.414 e. The minimum atomic E-state index is -0.708. The highest BCUT2D eigenvalue weighted by Crippen LogP contribution is 2.24. The van der Waals surface area contributed by atoms with E-state index in [-0.39, 0.29) is 17.7 Å². The predicted molar refractivity (Wildman–Crippen MR) is 90.4 cm³/mol. The molecule has 4 N–H and O–H groups in total. The van der Waals surface area contributed by atoms with E-state index in [0.29, 0.717) is 17.9 Å². The number of fused-ring (bicyclic) bond motifs is 1. The Morgan fingerprint density at radius 2 is 1.96 bits per heavy atom. The molecule has 10 nitrogen and oxygen atoms in total. The number of nitrogens with two attached hydrogens (primary N) is 1. The first-order valence-electron chi connectivity index (χ1n) is 7.25. The van der Waals surface area contributed by atoms with Gasteiger partial charge in [0.25, 0.3) is 5.71 Å². The molecular weight excluding hydrogens is 328 g/mol. The van der Waals surface area contributed by atoms with Gasteiger partial charge >= 0.3 is 12.1 Å². The van der Waals surface area contributed by atoms with Gasteiger partial charge < -0.3 is 24.9 Å². The number of carbonyl (C=O) groups excluding carboxylic acids is 1. The Morgan fingerprint density at radius 1 is 1.20 bits per heavy atom. The highest BCUT2D eigenvalue weighted by molar-refractivity contribution is 5.87. The van der Waals surface area contributed by atoms with Gasteiger partial charge in [-0.05, 0) is 17.7 Å². The lowest BCUT2D eigenvalue weighted by atomic mass is 10.2. The average Bonchev–Trinajstić information content (AvgIpc) is 3.02. The fourth-order valence-corrected chi connectivity index (χ4v) is 2.08. The number of ether oxygens (including phenoxy) is 2. The minimum absolute atomic E-state index is 0.0190. The molecule has 3 rings (SSSR count). The summed E-state index contributed by atoms with van der Waals surface area (Å²) in [5.41, 5.74) is 7.18. The van der Waals surface area contributed by atoms with Crippen molar-refractivity contribution >= 4 is 35.1 Å². The highest BCUT2D eigenvalue weighted by atomic mass is 16.5. The van der Waals surface area contributed by atoms with Crippen LogP contribution >= 0.6 is 0 Å². The van der Waals surface area contributed by atoms with Crippen molar-refractivity contribution in [2.75, 3.05) is 30.6 Å². The Kier molecular flexibility index (Phi) is 4.50. The summed E-state index contributed by atoms with van der Waals surface area (Å²) in [4.78, 5) is 23.5. The zero-order chi connectivity index (χ0) is 17.8. The fraction of sp³-hybridized carbons (Fsp3) is 0.200. The highest BCUT2D eigenvalue weighted by Gasteiger charge is 2.16. The van der Waals surface area contributed by atoms with Crippen molar-refractivity contribution in [2.45, 2.75) is 6.54 Å². The number of hydrogen-bond acceptors (Lipinski definition) is 9. The number of carbonyl (C=O) groups is 1. The number of amides is 1. The van der Waals surface area contributed by atoms with Crippen LogP contribution in [0.4, 0.5) is 22.6 Å². The molecule has 2 heterocycles. The van der Waals surface area contributed by atoms with Gasteiger partial charge in [-0.3, -0.25) is 0 Å².